The van der Waals surface area contributed by atoms with E-state index in [4.69, 9.17) is 14.7 Å². The van der Waals surface area contributed by atoms with E-state index in [9.17, 15) is 13.2 Å². The average Bonchev–Trinajstić information content (AvgIpc) is 3.55. The van der Waals surface area contributed by atoms with Crippen molar-refractivity contribution in [2.45, 2.75) is 6.54 Å². The molecule has 5 heterocycles. The number of morpholine rings is 1. The number of carbonyl (C=O) groups is 1. The number of hydrogen-bond acceptors (Lipinski definition) is 8. The number of anilines is 1. The van der Waals surface area contributed by atoms with Gasteiger partial charge in [0.2, 0.25) is 21.9 Å². The molecule has 0 radical (unpaired) electrons. The summed E-state index contributed by atoms with van der Waals surface area (Å²) in [5.41, 5.74) is 3.28. The largest absolute Gasteiger partial charge is 0.378 e. The van der Waals surface area contributed by atoms with Gasteiger partial charge in [0, 0.05) is 56.5 Å². The first-order chi connectivity index (χ1) is 17.9. The number of aromatic nitrogens is 5. The lowest BCUT2D eigenvalue weighted by Crippen LogP contribution is -2.51. The van der Waals surface area contributed by atoms with Crippen molar-refractivity contribution < 1.29 is 17.9 Å². The molecule has 2 aliphatic rings. The molecule has 194 valence electrons. The van der Waals surface area contributed by atoms with E-state index in [2.05, 4.69) is 21.0 Å². The second-order valence-corrected chi connectivity index (χ2v) is 11.3. The van der Waals surface area contributed by atoms with Crippen LogP contribution in [0.25, 0.3) is 33.2 Å². The van der Waals surface area contributed by atoms with Crippen LogP contribution in [-0.4, -0.2) is 107 Å². The number of nitrogens with zero attached hydrogens (tertiary/aromatic N) is 7. The molecule has 12 nitrogen and oxygen atoms in total. The molecule has 37 heavy (non-hydrogen) atoms. The maximum atomic E-state index is 13.1. The number of aromatic amines is 1. The van der Waals surface area contributed by atoms with Gasteiger partial charge in [-0.2, -0.15) is 14.4 Å². The number of rotatable bonds is 5. The van der Waals surface area contributed by atoms with Crippen molar-refractivity contribution in [3.8, 4) is 11.3 Å². The van der Waals surface area contributed by atoms with E-state index in [1.165, 1.54) is 10.6 Å². The van der Waals surface area contributed by atoms with Crippen LogP contribution in [0.1, 0.15) is 0 Å². The van der Waals surface area contributed by atoms with Crippen molar-refractivity contribution in [2.24, 2.45) is 0 Å². The number of hydrogen-bond donors (Lipinski definition) is 1. The summed E-state index contributed by atoms with van der Waals surface area (Å²) in [7, 11) is -3.27. The standard InChI is InChI=1S/C24H28N8O4S/c1-37(34,35)31-8-6-29(7-9-31)21(33)16-32-23-19(15-26-32)22(18-3-2-17-4-5-25-20(17)14-18)27-24(28-23)30-10-12-36-13-11-30/h2-5,14-15,25H,6-13,16H2,1H3. The Bertz CT molecular complexity index is 1570. The Kier molecular flexibility index (Phi) is 6.05. The molecule has 1 amide bonds. The molecule has 1 aromatic carbocycles. The van der Waals surface area contributed by atoms with Gasteiger partial charge in [-0.1, -0.05) is 12.1 Å². The maximum Gasteiger partial charge on any atom is 0.244 e. The molecule has 2 fully saturated rings. The first kappa shape index (κ1) is 23.8. The minimum Gasteiger partial charge on any atom is -0.378 e. The molecule has 3 aromatic heterocycles. The molecule has 13 heteroatoms. The van der Waals surface area contributed by atoms with Crippen LogP contribution in [0.3, 0.4) is 0 Å². The van der Waals surface area contributed by atoms with Crippen molar-refractivity contribution in [2.75, 3.05) is 63.6 Å². The van der Waals surface area contributed by atoms with Crippen molar-refractivity contribution in [1.29, 1.82) is 0 Å². The van der Waals surface area contributed by atoms with Gasteiger partial charge in [0.25, 0.3) is 0 Å². The summed E-state index contributed by atoms with van der Waals surface area (Å²) in [6.45, 7) is 3.84. The van der Waals surface area contributed by atoms with Crippen molar-refractivity contribution >= 4 is 43.8 Å². The monoisotopic (exact) mass is 524 g/mol. The summed E-state index contributed by atoms with van der Waals surface area (Å²) >= 11 is 0. The highest BCUT2D eigenvalue weighted by Crippen LogP contribution is 2.30. The average molecular weight is 525 g/mol. The molecule has 0 aliphatic carbocycles. The van der Waals surface area contributed by atoms with Gasteiger partial charge in [-0.25, -0.2) is 18.1 Å². The Morgan fingerprint density at radius 2 is 1.84 bits per heavy atom. The number of fused-ring (bicyclic) bond motifs is 2. The molecule has 0 spiro atoms. The zero-order chi connectivity index (χ0) is 25.6. The van der Waals surface area contributed by atoms with Gasteiger partial charge in [-0.3, -0.25) is 4.79 Å². The smallest absolute Gasteiger partial charge is 0.244 e. The van der Waals surface area contributed by atoms with Crippen LogP contribution < -0.4 is 4.90 Å². The molecule has 0 bridgehead atoms. The predicted octanol–water partition coefficient (Wildman–Crippen LogP) is 0.915. The van der Waals surface area contributed by atoms with Crippen molar-refractivity contribution in [3.05, 3.63) is 36.7 Å². The van der Waals surface area contributed by atoms with E-state index in [0.717, 1.165) is 27.5 Å². The van der Waals surface area contributed by atoms with Gasteiger partial charge in [0.05, 0.1) is 36.7 Å². The minimum atomic E-state index is -3.27. The van der Waals surface area contributed by atoms with E-state index in [-0.39, 0.29) is 12.5 Å². The number of amides is 1. The van der Waals surface area contributed by atoms with Crippen LogP contribution in [0.2, 0.25) is 0 Å². The summed E-state index contributed by atoms with van der Waals surface area (Å²) < 4.78 is 32.2. The van der Waals surface area contributed by atoms with Crippen LogP contribution in [-0.2, 0) is 26.1 Å². The summed E-state index contributed by atoms with van der Waals surface area (Å²) in [4.78, 5) is 29.9. The van der Waals surface area contributed by atoms with Gasteiger partial charge < -0.3 is 19.5 Å². The molecule has 4 aromatic rings. The van der Waals surface area contributed by atoms with E-state index in [1.807, 2.05) is 24.4 Å². The van der Waals surface area contributed by atoms with E-state index >= 15 is 0 Å². The third kappa shape index (κ3) is 4.65. The second kappa shape index (κ2) is 9.39. The van der Waals surface area contributed by atoms with Gasteiger partial charge in [-0.05, 0) is 17.5 Å². The Hall–Kier alpha value is -3.55. The molecule has 0 unspecified atom stereocenters. The fourth-order valence-corrected chi connectivity index (χ4v) is 5.70. The molecular weight excluding hydrogens is 496 g/mol. The van der Waals surface area contributed by atoms with E-state index < -0.39 is 10.0 Å². The zero-order valence-electron chi connectivity index (χ0n) is 20.5. The van der Waals surface area contributed by atoms with Crippen LogP contribution in [0.15, 0.2) is 36.7 Å². The lowest BCUT2D eigenvalue weighted by molar-refractivity contribution is -0.133. The summed E-state index contributed by atoms with van der Waals surface area (Å²) in [6.07, 6.45) is 4.81. The highest BCUT2D eigenvalue weighted by atomic mass is 32.2. The molecule has 2 aliphatic heterocycles. The number of H-pyrrole nitrogens is 1. The molecule has 6 rings (SSSR count). The third-order valence-corrected chi connectivity index (χ3v) is 8.26. The number of piperazine rings is 1. The number of benzene rings is 1. The van der Waals surface area contributed by atoms with Crippen molar-refractivity contribution in [3.63, 3.8) is 0 Å². The van der Waals surface area contributed by atoms with Crippen LogP contribution in [0.5, 0.6) is 0 Å². The van der Waals surface area contributed by atoms with E-state index in [0.29, 0.717) is 64.1 Å². The normalized spacial score (nSPS) is 17.6. The highest BCUT2D eigenvalue weighted by Gasteiger charge is 2.27. The molecule has 1 N–H and O–H groups in total. The molecule has 0 atom stereocenters. The number of nitrogens with one attached hydrogen (secondary N) is 1. The summed E-state index contributed by atoms with van der Waals surface area (Å²) in [5, 5.41) is 6.39. The van der Waals surface area contributed by atoms with Gasteiger partial charge in [0.15, 0.2) is 5.65 Å². The van der Waals surface area contributed by atoms with E-state index in [1.54, 1.807) is 15.8 Å². The lowest BCUT2D eigenvalue weighted by atomic mass is 10.1. The Balaban J connectivity index is 1.34. The summed E-state index contributed by atoms with van der Waals surface area (Å²) in [6, 6.07) is 8.16. The van der Waals surface area contributed by atoms with Crippen LogP contribution in [0, 0.1) is 0 Å². The highest BCUT2D eigenvalue weighted by molar-refractivity contribution is 7.88. The fraction of sp³-hybridized carbons (Fsp3) is 0.417. The Morgan fingerprint density at radius 3 is 2.59 bits per heavy atom. The first-order valence-corrected chi connectivity index (χ1v) is 14.1. The maximum absolute atomic E-state index is 13.1. The van der Waals surface area contributed by atoms with Crippen LogP contribution >= 0.6 is 0 Å². The van der Waals surface area contributed by atoms with Crippen molar-refractivity contribution in [1.82, 2.24) is 33.9 Å². The Labute approximate surface area is 213 Å². The summed E-state index contributed by atoms with van der Waals surface area (Å²) in [5.74, 6) is 0.451. The fourth-order valence-electron chi connectivity index (χ4n) is 4.88. The predicted molar refractivity (Wildman–Crippen MR) is 139 cm³/mol. The zero-order valence-corrected chi connectivity index (χ0v) is 21.3. The van der Waals surface area contributed by atoms with Gasteiger partial charge in [-0.15, -0.1) is 0 Å². The Morgan fingerprint density at radius 1 is 1.05 bits per heavy atom. The van der Waals surface area contributed by atoms with Gasteiger partial charge in [0.1, 0.15) is 6.54 Å². The SMILES string of the molecule is CS(=O)(=O)N1CCN(C(=O)Cn2ncc3c(-c4ccc5cc[nH]c5c4)nc(N4CCOCC4)nc32)CC1. The lowest BCUT2D eigenvalue weighted by Gasteiger charge is -2.33. The second-order valence-electron chi connectivity index (χ2n) is 9.33. The minimum absolute atomic E-state index is 0.0110. The third-order valence-electron chi connectivity index (χ3n) is 6.95. The van der Waals surface area contributed by atoms with Gasteiger partial charge >= 0.3 is 0 Å². The van der Waals surface area contributed by atoms with Crippen LogP contribution in [0.4, 0.5) is 5.95 Å². The molecule has 0 saturated carbocycles. The number of carbonyl (C=O) groups excluding carboxylic acids is 1. The topological polar surface area (TPSA) is 130 Å². The number of ether oxygens (including phenoxy) is 1. The quantitative estimate of drug-likeness (QED) is 0.408. The molecular formula is C24H28N8O4S. The number of sulfonamides is 1. The first-order valence-electron chi connectivity index (χ1n) is 12.2. The molecule has 2 saturated heterocycles.